The van der Waals surface area contributed by atoms with E-state index in [1.165, 1.54) is 0 Å². The molecular formula is C21H28IN3O3S. The molecule has 2 N–H and O–H groups in total. The van der Waals surface area contributed by atoms with Crippen LogP contribution in [0.5, 0.6) is 5.75 Å². The van der Waals surface area contributed by atoms with Gasteiger partial charge < -0.3 is 15.4 Å². The largest absolute Gasteiger partial charge is 0.493 e. The normalized spacial score (nSPS) is 17.3. The molecular weight excluding hydrogens is 501 g/mol. The number of aliphatic imine (C=N–C) groups is 1. The van der Waals surface area contributed by atoms with Crippen molar-refractivity contribution >= 4 is 39.8 Å². The Bertz CT molecular complexity index is 920. The van der Waals surface area contributed by atoms with Crippen LogP contribution in [0.15, 0.2) is 64.5 Å². The second-order valence-electron chi connectivity index (χ2n) is 6.79. The lowest BCUT2D eigenvalue weighted by Gasteiger charge is -2.29. The minimum atomic E-state index is -3.37. The molecule has 158 valence electrons. The Hall–Kier alpha value is -1.81. The van der Waals surface area contributed by atoms with Crippen molar-refractivity contribution in [1.82, 2.24) is 10.6 Å². The zero-order valence-electron chi connectivity index (χ0n) is 16.7. The average Bonchev–Trinajstić information content (AvgIpc) is 2.73. The smallest absolute Gasteiger partial charge is 0.191 e. The zero-order valence-corrected chi connectivity index (χ0v) is 19.8. The van der Waals surface area contributed by atoms with Gasteiger partial charge in [0, 0.05) is 25.1 Å². The molecule has 0 saturated heterocycles. The zero-order chi connectivity index (χ0) is 20.0. The highest BCUT2D eigenvalue weighted by atomic mass is 127. The number of rotatable bonds is 6. The van der Waals surface area contributed by atoms with Crippen LogP contribution in [0.3, 0.4) is 0 Å². The van der Waals surface area contributed by atoms with Crippen molar-refractivity contribution < 1.29 is 13.2 Å². The van der Waals surface area contributed by atoms with Gasteiger partial charge in [-0.1, -0.05) is 43.3 Å². The Morgan fingerprint density at radius 1 is 1.17 bits per heavy atom. The van der Waals surface area contributed by atoms with Crippen molar-refractivity contribution in [2.75, 3.05) is 19.4 Å². The lowest BCUT2D eigenvalue weighted by atomic mass is 10.0. The summed E-state index contributed by atoms with van der Waals surface area (Å²) in [5, 5.41) is 6.69. The first kappa shape index (κ1) is 23.5. The molecule has 3 rings (SSSR count). The van der Waals surface area contributed by atoms with Crippen LogP contribution >= 0.6 is 24.0 Å². The van der Waals surface area contributed by atoms with Gasteiger partial charge in [-0.25, -0.2) is 8.42 Å². The van der Waals surface area contributed by atoms with E-state index in [0.29, 0.717) is 23.9 Å². The van der Waals surface area contributed by atoms with E-state index in [4.69, 9.17) is 4.74 Å². The van der Waals surface area contributed by atoms with Crippen LogP contribution in [0.2, 0.25) is 0 Å². The van der Waals surface area contributed by atoms with Crippen LogP contribution in [-0.4, -0.2) is 39.8 Å². The molecule has 2 aromatic rings. The number of halogens is 1. The maximum Gasteiger partial charge on any atom is 0.191 e. The number of nitrogens with zero attached hydrogens (tertiary/aromatic N) is 1. The fraction of sp³-hybridized carbons (Fsp3) is 0.381. The van der Waals surface area contributed by atoms with Crippen molar-refractivity contribution in [2.24, 2.45) is 4.99 Å². The lowest BCUT2D eigenvalue weighted by molar-refractivity contribution is 0.261. The second-order valence-corrected chi connectivity index (χ2v) is 8.82. The number of hydrogen-bond donors (Lipinski definition) is 2. The first-order chi connectivity index (χ1) is 13.5. The maximum atomic E-state index is 12.7. The standard InChI is InChI=1S/C21H27N3O3S.HI/c1-3-16(15-28(25,26)17-9-5-4-6-10-17)23-21(22-2)24-19-13-14-27-20-12-8-7-11-18(19)20;/h4-12,16,19H,3,13-15H2,1-2H3,(H2,22,23,24);1H. The summed E-state index contributed by atoms with van der Waals surface area (Å²) in [7, 11) is -1.68. The van der Waals surface area contributed by atoms with Crippen molar-refractivity contribution in [3.63, 3.8) is 0 Å². The van der Waals surface area contributed by atoms with Gasteiger partial charge in [0.2, 0.25) is 0 Å². The first-order valence-electron chi connectivity index (χ1n) is 9.53. The third kappa shape index (κ3) is 6.08. The third-order valence-electron chi connectivity index (χ3n) is 4.85. The molecule has 0 fully saturated rings. The summed E-state index contributed by atoms with van der Waals surface area (Å²) >= 11 is 0. The molecule has 0 amide bonds. The SMILES string of the molecule is CCC(CS(=O)(=O)c1ccccc1)NC(=NC)NC1CCOc2ccccc21.I. The number of fused-ring (bicyclic) bond motifs is 1. The third-order valence-corrected chi connectivity index (χ3v) is 6.68. The van der Waals surface area contributed by atoms with Crippen LogP contribution in [0, 0.1) is 0 Å². The maximum absolute atomic E-state index is 12.7. The van der Waals surface area contributed by atoms with E-state index in [1.54, 1.807) is 31.3 Å². The molecule has 2 aromatic carbocycles. The molecule has 0 aromatic heterocycles. The molecule has 2 atom stereocenters. The van der Waals surface area contributed by atoms with Gasteiger partial charge in [0.25, 0.3) is 0 Å². The molecule has 0 bridgehead atoms. The highest BCUT2D eigenvalue weighted by Crippen LogP contribution is 2.31. The molecule has 1 aliphatic rings. The number of nitrogens with one attached hydrogen (secondary N) is 2. The summed E-state index contributed by atoms with van der Waals surface area (Å²) in [6, 6.07) is 16.3. The minimum Gasteiger partial charge on any atom is -0.493 e. The van der Waals surface area contributed by atoms with Gasteiger partial charge in [-0.2, -0.15) is 0 Å². The molecule has 2 unspecified atom stereocenters. The number of para-hydroxylation sites is 1. The summed E-state index contributed by atoms with van der Waals surface area (Å²) in [5.41, 5.74) is 1.08. The Morgan fingerprint density at radius 3 is 2.55 bits per heavy atom. The fourth-order valence-electron chi connectivity index (χ4n) is 3.27. The highest BCUT2D eigenvalue weighted by Gasteiger charge is 2.24. The lowest BCUT2D eigenvalue weighted by Crippen LogP contribution is -2.47. The van der Waals surface area contributed by atoms with Gasteiger partial charge in [-0.15, -0.1) is 24.0 Å². The van der Waals surface area contributed by atoms with E-state index in [-0.39, 0.29) is 41.8 Å². The van der Waals surface area contributed by atoms with E-state index in [1.807, 2.05) is 37.3 Å². The number of ether oxygens (including phenoxy) is 1. The molecule has 6 nitrogen and oxygen atoms in total. The summed E-state index contributed by atoms with van der Waals surface area (Å²) < 4.78 is 31.1. The summed E-state index contributed by atoms with van der Waals surface area (Å²) in [6.45, 7) is 2.60. The molecule has 0 saturated carbocycles. The molecule has 1 heterocycles. The van der Waals surface area contributed by atoms with Gasteiger partial charge in [-0.05, 0) is 24.6 Å². The van der Waals surface area contributed by atoms with Crippen molar-refractivity contribution in [3.05, 3.63) is 60.2 Å². The number of hydrogen-bond acceptors (Lipinski definition) is 4. The van der Waals surface area contributed by atoms with Gasteiger partial charge >= 0.3 is 0 Å². The van der Waals surface area contributed by atoms with E-state index >= 15 is 0 Å². The van der Waals surface area contributed by atoms with E-state index in [2.05, 4.69) is 15.6 Å². The number of benzene rings is 2. The molecule has 0 spiro atoms. The summed E-state index contributed by atoms with van der Waals surface area (Å²) in [6.07, 6.45) is 1.48. The van der Waals surface area contributed by atoms with Crippen LogP contribution < -0.4 is 15.4 Å². The van der Waals surface area contributed by atoms with Crippen molar-refractivity contribution in [3.8, 4) is 5.75 Å². The fourth-order valence-corrected chi connectivity index (χ4v) is 4.88. The van der Waals surface area contributed by atoms with Crippen LogP contribution in [-0.2, 0) is 9.84 Å². The average molecular weight is 529 g/mol. The van der Waals surface area contributed by atoms with Gasteiger partial charge in [0.05, 0.1) is 23.3 Å². The molecule has 29 heavy (non-hydrogen) atoms. The topological polar surface area (TPSA) is 79.8 Å². The Kier molecular flexibility index (Phi) is 8.76. The van der Waals surface area contributed by atoms with Crippen LogP contribution in [0.4, 0.5) is 0 Å². The Morgan fingerprint density at radius 2 is 1.86 bits per heavy atom. The Labute approximate surface area is 190 Å². The van der Waals surface area contributed by atoms with Crippen molar-refractivity contribution in [1.29, 1.82) is 0 Å². The number of sulfone groups is 1. The van der Waals surface area contributed by atoms with Gasteiger partial charge in [-0.3, -0.25) is 4.99 Å². The van der Waals surface area contributed by atoms with Gasteiger partial charge in [0.1, 0.15) is 5.75 Å². The van der Waals surface area contributed by atoms with E-state index in [0.717, 1.165) is 17.7 Å². The molecule has 1 aliphatic heterocycles. The van der Waals surface area contributed by atoms with E-state index < -0.39 is 9.84 Å². The first-order valence-corrected chi connectivity index (χ1v) is 11.2. The monoisotopic (exact) mass is 529 g/mol. The predicted molar refractivity (Wildman–Crippen MR) is 127 cm³/mol. The predicted octanol–water partition coefficient (Wildman–Crippen LogP) is 3.55. The van der Waals surface area contributed by atoms with Crippen molar-refractivity contribution in [2.45, 2.75) is 36.7 Å². The van der Waals surface area contributed by atoms with Crippen LogP contribution in [0.25, 0.3) is 0 Å². The minimum absolute atomic E-state index is 0. The summed E-state index contributed by atoms with van der Waals surface area (Å²) in [5.74, 6) is 1.48. The van der Waals surface area contributed by atoms with E-state index in [9.17, 15) is 8.42 Å². The quantitative estimate of drug-likeness (QED) is 0.340. The molecule has 0 radical (unpaired) electrons. The highest BCUT2D eigenvalue weighted by molar-refractivity contribution is 14.0. The summed E-state index contributed by atoms with van der Waals surface area (Å²) in [4.78, 5) is 4.65. The van der Waals surface area contributed by atoms with Gasteiger partial charge in [0.15, 0.2) is 15.8 Å². The second kappa shape index (κ2) is 10.8. The Balaban J connectivity index is 0.00000300. The molecule has 8 heteroatoms. The molecule has 0 aliphatic carbocycles. The van der Waals surface area contributed by atoms with Crippen LogP contribution in [0.1, 0.15) is 31.4 Å². The number of guanidine groups is 1.